The number of benzene rings is 1. The molecule has 2 aliphatic heterocycles. The first kappa shape index (κ1) is 16.5. The van der Waals surface area contributed by atoms with Gasteiger partial charge in [0.2, 0.25) is 0 Å². The summed E-state index contributed by atoms with van der Waals surface area (Å²) < 4.78 is 23.3. The molecule has 2 aromatic rings. The van der Waals surface area contributed by atoms with E-state index in [4.69, 9.17) is 0 Å². The van der Waals surface area contributed by atoms with E-state index in [1.165, 1.54) is 0 Å². The van der Waals surface area contributed by atoms with Gasteiger partial charge in [0.25, 0.3) is 5.91 Å². The van der Waals surface area contributed by atoms with Crippen molar-refractivity contribution in [2.75, 3.05) is 37.7 Å². The third-order valence-corrected chi connectivity index (χ3v) is 6.93. The molecule has 0 bridgehead atoms. The number of nitrogens with zero attached hydrogens (tertiary/aromatic N) is 3. The number of hydrogen-bond donors (Lipinski definition) is 0. The molecule has 4 rings (SSSR count). The fourth-order valence-corrected chi connectivity index (χ4v) is 5.51. The average Bonchev–Trinajstić information content (AvgIpc) is 3.01. The third-order valence-electron chi connectivity index (χ3n) is 5.18. The lowest BCUT2D eigenvalue weighted by atomic mass is 10.1. The van der Waals surface area contributed by atoms with E-state index in [-0.39, 0.29) is 17.7 Å². The fraction of sp³-hybridized carbons (Fsp3) is 0.444. The number of fused-ring (bicyclic) bond motifs is 1. The molecule has 1 aromatic carbocycles. The van der Waals surface area contributed by atoms with Crippen molar-refractivity contribution in [3.63, 3.8) is 0 Å². The van der Waals surface area contributed by atoms with Gasteiger partial charge in [-0.1, -0.05) is 6.07 Å². The molecule has 2 aliphatic rings. The highest BCUT2D eigenvalue weighted by Gasteiger charge is 2.34. The zero-order chi connectivity index (χ0) is 17.4. The first-order valence-corrected chi connectivity index (χ1v) is 10.4. The minimum atomic E-state index is -2.87. The highest BCUT2D eigenvalue weighted by Crippen LogP contribution is 2.20. The van der Waals surface area contributed by atoms with Gasteiger partial charge in [0.15, 0.2) is 9.84 Å². The number of carbonyl (C=O) groups is 1. The molecule has 0 saturated carbocycles. The number of rotatable bonds is 2. The van der Waals surface area contributed by atoms with Gasteiger partial charge in [-0.15, -0.1) is 0 Å². The molecule has 1 amide bonds. The van der Waals surface area contributed by atoms with Gasteiger partial charge < -0.3 is 4.90 Å². The summed E-state index contributed by atoms with van der Waals surface area (Å²) in [5.41, 5.74) is 1.56. The second-order valence-corrected chi connectivity index (χ2v) is 9.02. The zero-order valence-electron chi connectivity index (χ0n) is 14.0. The second kappa shape index (κ2) is 6.38. The Morgan fingerprint density at radius 3 is 2.64 bits per heavy atom. The van der Waals surface area contributed by atoms with Crippen LogP contribution in [0.1, 0.15) is 16.8 Å². The number of sulfone groups is 1. The van der Waals surface area contributed by atoms with Crippen molar-refractivity contribution in [1.82, 2.24) is 14.8 Å². The molecule has 1 unspecified atom stereocenters. The van der Waals surface area contributed by atoms with Crippen LogP contribution in [-0.4, -0.2) is 72.8 Å². The molecule has 0 spiro atoms. The minimum absolute atomic E-state index is 0.0319. The lowest BCUT2D eigenvalue weighted by Crippen LogP contribution is -2.52. The third kappa shape index (κ3) is 3.39. The summed E-state index contributed by atoms with van der Waals surface area (Å²) in [6.45, 7) is 2.75. The van der Waals surface area contributed by atoms with Crippen LogP contribution in [0.3, 0.4) is 0 Å². The van der Waals surface area contributed by atoms with Crippen molar-refractivity contribution in [2.45, 2.75) is 12.5 Å². The lowest BCUT2D eigenvalue weighted by Gasteiger charge is -2.37. The average molecular weight is 359 g/mol. The Labute approximate surface area is 147 Å². The first-order chi connectivity index (χ1) is 12.0. The van der Waals surface area contributed by atoms with Gasteiger partial charge in [0, 0.05) is 49.4 Å². The number of hydrogen-bond acceptors (Lipinski definition) is 5. The van der Waals surface area contributed by atoms with Gasteiger partial charge in [-0.2, -0.15) is 0 Å². The van der Waals surface area contributed by atoms with E-state index in [1.807, 2.05) is 35.2 Å². The van der Waals surface area contributed by atoms with Crippen molar-refractivity contribution in [1.29, 1.82) is 0 Å². The summed E-state index contributed by atoms with van der Waals surface area (Å²) in [6.07, 6.45) is 2.46. The summed E-state index contributed by atoms with van der Waals surface area (Å²) in [4.78, 5) is 21.1. The van der Waals surface area contributed by atoms with Gasteiger partial charge in [-0.25, -0.2) is 8.42 Å². The SMILES string of the molecule is O=C(c1ccc2ncccc2c1)N1CCN(C2CCS(=O)(=O)C2)CC1. The molecule has 2 fully saturated rings. The maximum absolute atomic E-state index is 12.8. The van der Waals surface area contributed by atoms with Crippen molar-refractivity contribution >= 4 is 26.6 Å². The van der Waals surface area contributed by atoms with Crippen LogP contribution in [-0.2, 0) is 9.84 Å². The largest absolute Gasteiger partial charge is 0.336 e. The molecule has 0 aliphatic carbocycles. The summed E-state index contributed by atoms with van der Waals surface area (Å²) in [6, 6.07) is 9.54. The maximum Gasteiger partial charge on any atom is 0.253 e. The van der Waals surface area contributed by atoms with Gasteiger partial charge >= 0.3 is 0 Å². The number of amides is 1. The van der Waals surface area contributed by atoms with Crippen molar-refractivity contribution in [2.24, 2.45) is 0 Å². The Morgan fingerprint density at radius 1 is 1.12 bits per heavy atom. The Hall–Kier alpha value is -1.99. The summed E-state index contributed by atoms with van der Waals surface area (Å²) in [5.74, 6) is 0.588. The van der Waals surface area contributed by atoms with Gasteiger partial charge in [-0.05, 0) is 30.7 Å². The molecule has 0 N–H and O–H groups in total. The Bertz CT molecular complexity index is 905. The van der Waals surface area contributed by atoms with Crippen molar-refractivity contribution < 1.29 is 13.2 Å². The van der Waals surface area contributed by atoms with E-state index < -0.39 is 9.84 Å². The van der Waals surface area contributed by atoms with Gasteiger partial charge in [0.1, 0.15) is 0 Å². The second-order valence-electron chi connectivity index (χ2n) is 6.80. The smallest absolute Gasteiger partial charge is 0.253 e. The van der Waals surface area contributed by atoms with Gasteiger partial charge in [0.05, 0.1) is 17.0 Å². The number of carbonyl (C=O) groups excluding carboxylic acids is 1. The van der Waals surface area contributed by atoms with Crippen LogP contribution in [0, 0.1) is 0 Å². The number of aromatic nitrogens is 1. The Balaban J connectivity index is 1.42. The highest BCUT2D eigenvalue weighted by molar-refractivity contribution is 7.91. The van der Waals surface area contributed by atoms with Crippen molar-refractivity contribution in [3.8, 4) is 0 Å². The molecular formula is C18H21N3O3S. The predicted molar refractivity (Wildman–Crippen MR) is 96.3 cm³/mol. The molecule has 1 aromatic heterocycles. The van der Waals surface area contributed by atoms with E-state index >= 15 is 0 Å². The number of pyridine rings is 1. The topological polar surface area (TPSA) is 70.6 Å². The van der Waals surface area contributed by atoms with E-state index in [9.17, 15) is 13.2 Å². The maximum atomic E-state index is 12.8. The van der Waals surface area contributed by atoms with Crippen LogP contribution >= 0.6 is 0 Å². The molecule has 7 heteroatoms. The quantitative estimate of drug-likeness (QED) is 0.805. The first-order valence-electron chi connectivity index (χ1n) is 8.60. The fourth-order valence-electron chi connectivity index (χ4n) is 3.74. The molecule has 0 radical (unpaired) electrons. The molecular weight excluding hydrogens is 338 g/mol. The van der Waals surface area contributed by atoms with Crippen LogP contribution < -0.4 is 0 Å². The summed E-state index contributed by atoms with van der Waals surface area (Å²) in [5, 5.41) is 0.961. The van der Waals surface area contributed by atoms with Crippen LogP contribution in [0.2, 0.25) is 0 Å². The molecule has 2 saturated heterocycles. The highest BCUT2D eigenvalue weighted by atomic mass is 32.2. The Kier molecular flexibility index (Phi) is 4.21. The molecule has 132 valence electrons. The molecule has 6 nitrogen and oxygen atoms in total. The van der Waals surface area contributed by atoms with E-state index in [2.05, 4.69) is 9.88 Å². The van der Waals surface area contributed by atoms with E-state index in [0.29, 0.717) is 30.8 Å². The normalized spacial score (nSPS) is 23.8. The molecule has 3 heterocycles. The monoisotopic (exact) mass is 359 g/mol. The van der Waals surface area contributed by atoms with E-state index in [1.54, 1.807) is 6.20 Å². The van der Waals surface area contributed by atoms with Crippen LogP contribution in [0.4, 0.5) is 0 Å². The summed E-state index contributed by atoms with van der Waals surface area (Å²) >= 11 is 0. The lowest BCUT2D eigenvalue weighted by molar-refractivity contribution is 0.0588. The standard InChI is InChI=1S/C18H21N3O3S/c22-18(15-3-4-17-14(12-15)2-1-6-19-17)21-9-7-20(8-10-21)16-5-11-25(23,24)13-16/h1-4,6,12,16H,5,7-11,13H2. The number of piperazine rings is 1. The zero-order valence-corrected chi connectivity index (χ0v) is 14.8. The van der Waals surface area contributed by atoms with Crippen LogP contribution in [0.5, 0.6) is 0 Å². The van der Waals surface area contributed by atoms with Crippen LogP contribution in [0.25, 0.3) is 10.9 Å². The van der Waals surface area contributed by atoms with Gasteiger partial charge in [-0.3, -0.25) is 14.7 Å². The Morgan fingerprint density at radius 2 is 1.92 bits per heavy atom. The summed E-state index contributed by atoms with van der Waals surface area (Å²) in [7, 11) is -2.87. The predicted octanol–water partition coefficient (Wildman–Crippen LogP) is 1.18. The molecule has 1 atom stereocenters. The minimum Gasteiger partial charge on any atom is -0.336 e. The molecule has 25 heavy (non-hydrogen) atoms. The van der Waals surface area contributed by atoms with E-state index in [0.717, 1.165) is 24.0 Å². The van der Waals surface area contributed by atoms with Crippen LogP contribution in [0.15, 0.2) is 36.5 Å². The van der Waals surface area contributed by atoms with Crippen molar-refractivity contribution in [3.05, 3.63) is 42.1 Å².